The highest BCUT2D eigenvalue weighted by atomic mass is 32.2. The number of nitrogens with zero attached hydrogens (tertiary/aromatic N) is 4. The maximum absolute atomic E-state index is 11.0. The summed E-state index contributed by atoms with van der Waals surface area (Å²) in [5, 5.41) is 11.0. The minimum atomic E-state index is -0.487. The molecule has 1 N–H and O–H groups in total. The molecule has 0 saturated heterocycles. The molecule has 2 rings (SSSR count). The van der Waals surface area contributed by atoms with Gasteiger partial charge >= 0.3 is 11.7 Å². The van der Waals surface area contributed by atoms with Crippen LogP contribution < -0.4 is 9.46 Å². The standard InChI is InChI=1S/C12H15N5O3S/c1-8(2)16-11(13-3)14-21-15-12(16)20-10-7-5-4-6-9(10)17(18)19/h4-8H,1-3H3,(H,13,14). The number of nitro benzene ring substituents is 1. The molecule has 112 valence electrons. The van der Waals surface area contributed by atoms with Crippen molar-refractivity contribution in [3.8, 4) is 5.75 Å². The minimum absolute atomic E-state index is 0.0265. The van der Waals surface area contributed by atoms with Crippen molar-refractivity contribution < 1.29 is 9.66 Å². The lowest BCUT2D eigenvalue weighted by atomic mass is 10.3. The lowest BCUT2D eigenvalue weighted by Gasteiger charge is -2.31. The van der Waals surface area contributed by atoms with Gasteiger partial charge in [0, 0.05) is 19.2 Å². The predicted octanol–water partition coefficient (Wildman–Crippen LogP) is 2.19. The first-order valence-electron chi connectivity index (χ1n) is 6.22. The molecule has 0 atom stereocenters. The monoisotopic (exact) mass is 309 g/mol. The fourth-order valence-electron chi connectivity index (χ4n) is 1.77. The van der Waals surface area contributed by atoms with Crippen LogP contribution in [-0.2, 0) is 0 Å². The highest BCUT2D eigenvalue weighted by Gasteiger charge is 2.28. The summed E-state index contributed by atoms with van der Waals surface area (Å²) in [5.41, 5.74) is -0.109. The second kappa shape index (κ2) is 6.44. The van der Waals surface area contributed by atoms with E-state index in [1.165, 1.54) is 12.1 Å². The van der Waals surface area contributed by atoms with Gasteiger partial charge in [-0.25, -0.2) is 0 Å². The van der Waals surface area contributed by atoms with Crippen molar-refractivity contribution >= 4 is 29.8 Å². The zero-order chi connectivity index (χ0) is 15.4. The Labute approximate surface area is 126 Å². The number of hydrogen-bond acceptors (Lipinski definition) is 6. The first kappa shape index (κ1) is 15.1. The normalized spacial score (nSPS) is 16.7. The van der Waals surface area contributed by atoms with Crippen molar-refractivity contribution in [2.45, 2.75) is 19.9 Å². The van der Waals surface area contributed by atoms with E-state index in [9.17, 15) is 10.1 Å². The predicted molar refractivity (Wildman–Crippen MR) is 82.2 cm³/mol. The van der Waals surface area contributed by atoms with Crippen molar-refractivity contribution in [3.05, 3.63) is 34.4 Å². The summed E-state index contributed by atoms with van der Waals surface area (Å²) in [4.78, 5) is 16.4. The van der Waals surface area contributed by atoms with Gasteiger partial charge in [-0.05, 0) is 19.9 Å². The van der Waals surface area contributed by atoms with E-state index in [0.717, 1.165) is 12.1 Å². The van der Waals surface area contributed by atoms with E-state index in [1.54, 1.807) is 24.1 Å². The molecule has 1 aliphatic rings. The number of guanidine groups is 1. The molecule has 0 aromatic heterocycles. The lowest BCUT2D eigenvalue weighted by Crippen LogP contribution is -2.51. The lowest BCUT2D eigenvalue weighted by molar-refractivity contribution is -0.385. The van der Waals surface area contributed by atoms with Crippen molar-refractivity contribution in [2.75, 3.05) is 7.05 Å². The number of benzene rings is 1. The average molecular weight is 309 g/mol. The molecule has 1 aromatic rings. The highest BCUT2D eigenvalue weighted by Crippen LogP contribution is 2.27. The van der Waals surface area contributed by atoms with E-state index in [4.69, 9.17) is 4.74 Å². The molecule has 0 aliphatic carbocycles. The summed E-state index contributed by atoms with van der Waals surface area (Å²) in [6.07, 6.45) is 0. The SMILES string of the molecule is CN=C1NSN=C(Oc2ccccc2[N+](=O)[O-])N1C(C)C. The maximum atomic E-state index is 11.0. The number of hydrogen-bond donors (Lipinski definition) is 1. The summed E-state index contributed by atoms with van der Waals surface area (Å²) in [6, 6.07) is 6.46. The Morgan fingerprint density at radius 2 is 2.19 bits per heavy atom. The number of rotatable bonds is 3. The minimum Gasteiger partial charge on any atom is -0.418 e. The molecule has 8 nitrogen and oxygen atoms in total. The largest absolute Gasteiger partial charge is 0.418 e. The molecule has 0 amide bonds. The quantitative estimate of drug-likeness (QED) is 0.523. The van der Waals surface area contributed by atoms with Gasteiger partial charge in [-0.15, -0.1) is 4.40 Å². The third-order valence-corrected chi connectivity index (χ3v) is 3.21. The number of amidine groups is 1. The van der Waals surface area contributed by atoms with Gasteiger partial charge in [-0.1, -0.05) is 12.1 Å². The van der Waals surface area contributed by atoms with Crippen LogP contribution in [0.2, 0.25) is 0 Å². The molecule has 1 aromatic carbocycles. The summed E-state index contributed by atoms with van der Waals surface area (Å²) >= 11 is 1.06. The van der Waals surface area contributed by atoms with Crippen molar-refractivity contribution in [1.29, 1.82) is 0 Å². The smallest absolute Gasteiger partial charge is 0.313 e. The Morgan fingerprint density at radius 3 is 2.81 bits per heavy atom. The zero-order valence-corrected chi connectivity index (χ0v) is 12.6. The van der Waals surface area contributed by atoms with Gasteiger partial charge in [-0.2, -0.15) is 0 Å². The third kappa shape index (κ3) is 3.24. The summed E-state index contributed by atoms with van der Waals surface area (Å²) in [6.45, 7) is 3.89. The van der Waals surface area contributed by atoms with Crippen molar-refractivity contribution in [3.63, 3.8) is 0 Å². The van der Waals surface area contributed by atoms with Gasteiger partial charge < -0.3 is 4.74 Å². The molecule has 0 fully saturated rings. The van der Waals surface area contributed by atoms with Crippen LogP contribution in [0.3, 0.4) is 0 Å². The number of aliphatic imine (C=N–C) groups is 1. The van der Waals surface area contributed by atoms with E-state index in [0.29, 0.717) is 5.96 Å². The van der Waals surface area contributed by atoms with Crippen LogP contribution in [0.4, 0.5) is 5.69 Å². The van der Waals surface area contributed by atoms with E-state index < -0.39 is 4.92 Å². The molecule has 1 heterocycles. The molecule has 0 spiro atoms. The van der Waals surface area contributed by atoms with Gasteiger partial charge in [0.1, 0.15) is 0 Å². The molecule has 0 unspecified atom stereocenters. The van der Waals surface area contributed by atoms with E-state index in [2.05, 4.69) is 14.1 Å². The number of ether oxygens (including phenoxy) is 1. The summed E-state index contributed by atoms with van der Waals surface area (Å²) < 4.78 is 12.7. The van der Waals surface area contributed by atoms with Crippen LogP contribution in [0.5, 0.6) is 5.75 Å². The van der Waals surface area contributed by atoms with E-state index in [-0.39, 0.29) is 23.5 Å². The second-order valence-corrected chi connectivity index (χ2v) is 4.97. The Bertz CT molecular complexity index is 602. The number of nitro groups is 1. The molecule has 1 aliphatic heterocycles. The van der Waals surface area contributed by atoms with E-state index >= 15 is 0 Å². The van der Waals surface area contributed by atoms with Gasteiger partial charge in [0.25, 0.3) is 0 Å². The summed E-state index contributed by atoms with van der Waals surface area (Å²) in [5.74, 6) is 0.725. The Balaban J connectivity index is 2.34. The summed E-state index contributed by atoms with van der Waals surface area (Å²) in [7, 11) is 1.65. The highest BCUT2D eigenvalue weighted by molar-refractivity contribution is 7.96. The molecule has 0 bridgehead atoms. The zero-order valence-electron chi connectivity index (χ0n) is 11.8. The van der Waals surface area contributed by atoms with Crippen LogP contribution in [-0.4, -0.2) is 34.9 Å². The van der Waals surface area contributed by atoms with E-state index in [1.807, 2.05) is 13.8 Å². The second-order valence-electron chi connectivity index (χ2n) is 4.41. The first-order valence-corrected chi connectivity index (χ1v) is 6.99. The molecule has 0 saturated carbocycles. The van der Waals surface area contributed by atoms with Crippen LogP contribution in [0.1, 0.15) is 13.8 Å². The van der Waals surface area contributed by atoms with Crippen LogP contribution in [0.25, 0.3) is 0 Å². The molecule has 21 heavy (non-hydrogen) atoms. The average Bonchev–Trinajstić information content (AvgIpc) is 2.47. The molecular formula is C12H15N5O3S. The fourth-order valence-corrected chi connectivity index (χ4v) is 2.29. The van der Waals surface area contributed by atoms with Crippen LogP contribution in [0.15, 0.2) is 33.7 Å². The topological polar surface area (TPSA) is 92.4 Å². The molecule has 0 radical (unpaired) electrons. The van der Waals surface area contributed by atoms with Crippen molar-refractivity contribution in [1.82, 2.24) is 9.62 Å². The van der Waals surface area contributed by atoms with Gasteiger partial charge in [0.15, 0.2) is 0 Å². The van der Waals surface area contributed by atoms with Crippen molar-refractivity contribution in [2.24, 2.45) is 9.39 Å². The first-order chi connectivity index (χ1) is 10.0. The fraction of sp³-hybridized carbons (Fsp3) is 0.333. The Kier molecular flexibility index (Phi) is 4.63. The third-order valence-electron chi connectivity index (χ3n) is 2.69. The molecular weight excluding hydrogens is 294 g/mol. The van der Waals surface area contributed by atoms with Gasteiger partial charge in [-0.3, -0.25) is 24.7 Å². The number of para-hydroxylation sites is 2. The van der Waals surface area contributed by atoms with Gasteiger partial charge in [0.2, 0.25) is 11.7 Å². The van der Waals surface area contributed by atoms with Gasteiger partial charge in [0.05, 0.1) is 17.1 Å². The molecule has 9 heteroatoms. The van der Waals surface area contributed by atoms with Crippen LogP contribution in [0, 0.1) is 10.1 Å². The maximum Gasteiger partial charge on any atom is 0.313 e. The Hall–Kier alpha value is -2.29. The van der Waals surface area contributed by atoms with Crippen LogP contribution >= 0.6 is 12.1 Å². The Morgan fingerprint density at radius 1 is 1.48 bits per heavy atom. The number of nitrogens with one attached hydrogen (secondary N) is 1.